The smallest absolute Gasteiger partial charge is 0.269 e. The summed E-state index contributed by atoms with van der Waals surface area (Å²) in [4.78, 5) is 10.6. The van der Waals surface area contributed by atoms with Crippen LogP contribution in [0, 0.1) is 10.1 Å². The second kappa shape index (κ2) is 6.26. The van der Waals surface area contributed by atoms with Crippen LogP contribution in [-0.4, -0.2) is 25.7 Å². The van der Waals surface area contributed by atoms with Crippen LogP contribution >= 0.6 is 0 Å². The summed E-state index contributed by atoms with van der Waals surface area (Å²) in [6.07, 6.45) is 0.876. The summed E-state index contributed by atoms with van der Waals surface area (Å²) >= 11 is 0. The zero-order chi connectivity index (χ0) is 16.4. The van der Waals surface area contributed by atoms with Crippen LogP contribution in [0.5, 0.6) is 11.5 Å². The quantitative estimate of drug-likeness (QED) is 0.694. The number of nitrogens with one attached hydrogen (secondary N) is 1. The Kier molecular flexibility index (Phi) is 4.16. The largest absolute Gasteiger partial charge is 0.493 e. The van der Waals surface area contributed by atoms with Gasteiger partial charge in [0.2, 0.25) is 0 Å². The molecule has 0 amide bonds. The van der Waals surface area contributed by atoms with Crippen molar-refractivity contribution in [1.82, 2.24) is 5.32 Å². The molecule has 0 aromatic heterocycles. The van der Waals surface area contributed by atoms with Gasteiger partial charge in [0.15, 0.2) is 11.5 Å². The van der Waals surface area contributed by atoms with Gasteiger partial charge in [-0.1, -0.05) is 12.1 Å². The number of nitro benzene ring substituents is 1. The lowest BCUT2D eigenvalue weighted by Gasteiger charge is -2.28. The molecular formula is C17H18N2O4. The van der Waals surface area contributed by atoms with Crippen LogP contribution in [0.25, 0.3) is 0 Å². The summed E-state index contributed by atoms with van der Waals surface area (Å²) in [7, 11) is 3.21. The van der Waals surface area contributed by atoms with Gasteiger partial charge in [-0.3, -0.25) is 10.1 Å². The third-order valence-electron chi connectivity index (χ3n) is 4.11. The number of benzene rings is 2. The zero-order valence-corrected chi connectivity index (χ0v) is 13.0. The van der Waals surface area contributed by atoms with Gasteiger partial charge in [-0.25, -0.2) is 0 Å². The highest BCUT2D eigenvalue weighted by molar-refractivity contribution is 5.52. The van der Waals surface area contributed by atoms with Crippen molar-refractivity contribution in [2.45, 2.75) is 12.5 Å². The van der Waals surface area contributed by atoms with Crippen LogP contribution in [0.1, 0.15) is 22.7 Å². The second-order valence-electron chi connectivity index (χ2n) is 5.40. The maximum atomic E-state index is 11.0. The molecule has 1 N–H and O–H groups in total. The SMILES string of the molecule is COc1cc2c(cc1OC)C(c1cccc([N+](=O)[O-])c1)NCC2. The summed E-state index contributed by atoms with van der Waals surface area (Å²) in [5.74, 6) is 1.36. The predicted octanol–water partition coefficient (Wildman–Crippen LogP) is 2.85. The molecule has 1 aliphatic rings. The van der Waals surface area contributed by atoms with E-state index >= 15 is 0 Å². The van der Waals surface area contributed by atoms with E-state index in [4.69, 9.17) is 9.47 Å². The van der Waals surface area contributed by atoms with Crippen molar-refractivity contribution < 1.29 is 14.4 Å². The lowest BCUT2D eigenvalue weighted by molar-refractivity contribution is -0.384. The molecule has 6 heteroatoms. The monoisotopic (exact) mass is 314 g/mol. The number of non-ortho nitro benzene ring substituents is 1. The Bertz CT molecular complexity index is 745. The molecule has 3 rings (SSSR count). The third kappa shape index (κ3) is 2.85. The fourth-order valence-electron chi connectivity index (χ4n) is 3.00. The van der Waals surface area contributed by atoms with Crippen molar-refractivity contribution in [3.63, 3.8) is 0 Å². The lowest BCUT2D eigenvalue weighted by Crippen LogP contribution is -2.30. The lowest BCUT2D eigenvalue weighted by atomic mass is 9.89. The average molecular weight is 314 g/mol. The van der Waals surface area contributed by atoms with Crippen molar-refractivity contribution in [1.29, 1.82) is 0 Å². The Morgan fingerprint density at radius 3 is 2.61 bits per heavy atom. The van der Waals surface area contributed by atoms with Crippen LogP contribution in [0.4, 0.5) is 5.69 Å². The van der Waals surface area contributed by atoms with E-state index in [0.29, 0.717) is 11.5 Å². The molecule has 0 saturated carbocycles. The number of nitrogens with zero attached hydrogens (tertiary/aromatic N) is 1. The Hall–Kier alpha value is -2.60. The molecule has 2 aromatic carbocycles. The third-order valence-corrected chi connectivity index (χ3v) is 4.11. The Morgan fingerprint density at radius 2 is 1.91 bits per heavy atom. The first-order valence-corrected chi connectivity index (χ1v) is 7.36. The first-order valence-electron chi connectivity index (χ1n) is 7.36. The summed E-state index contributed by atoms with van der Waals surface area (Å²) < 4.78 is 10.7. The summed E-state index contributed by atoms with van der Waals surface area (Å²) in [5, 5.41) is 14.4. The molecule has 23 heavy (non-hydrogen) atoms. The molecule has 1 unspecified atom stereocenters. The molecule has 1 aliphatic heterocycles. The van der Waals surface area contributed by atoms with Crippen LogP contribution in [0.15, 0.2) is 36.4 Å². The number of fused-ring (bicyclic) bond motifs is 1. The van der Waals surface area contributed by atoms with E-state index in [1.807, 2.05) is 18.2 Å². The number of nitro groups is 1. The van der Waals surface area contributed by atoms with Crippen molar-refractivity contribution in [3.05, 3.63) is 63.2 Å². The van der Waals surface area contributed by atoms with Gasteiger partial charge >= 0.3 is 0 Å². The van der Waals surface area contributed by atoms with Crippen LogP contribution < -0.4 is 14.8 Å². The number of hydrogen-bond acceptors (Lipinski definition) is 5. The molecule has 0 spiro atoms. The van der Waals surface area contributed by atoms with E-state index in [0.717, 1.165) is 29.7 Å². The molecule has 0 bridgehead atoms. The Labute approximate surface area is 134 Å². The van der Waals surface area contributed by atoms with Gasteiger partial charge in [0.05, 0.1) is 25.2 Å². The van der Waals surface area contributed by atoms with Crippen LogP contribution in [0.2, 0.25) is 0 Å². The topological polar surface area (TPSA) is 73.6 Å². The molecule has 2 aromatic rings. The standard InChI is InChI=1S/C17H18N2O4/c1-22-15-9-11-6-7-18-17(14(11)10-16(15)23-2)12-4-3-5-13(8-12)19(20)21/h3-5,8-10,17-18H,6-7H2,1-2H3. The van der Waals surface area contributed by atoms with E-state index in [1.54, 1.807) is 26.4 Å². The molecule has 120 valence electrons. The normalized spacial score (nSPS) is 16.5. The number of rotatable bonds is 4. The summed E-state index contributed by atoms with van der Waals surface area (Å²) in [6.45, 7) is 0.801. The van der Waals surface area contributed by atoms with Gasteiger partial charge in [-0.2, -0.15) is 0 Å². The van der Waals surface area contributed by atoms with E-state index in [1.165, 1.54) is 6.07 Å². The molecule has 0 fully saturated rings. The molecule has 0 aliphatic carbocycles. The second-order valence-corrected chi connectivity index (χ2v) is 5.40. The highest BCUT2D eigenvalue weighted by Gasteiger charge is 2.25. The van der Waals surface area contributed by atoms with E-state index < -0.39 is 0 Å². The first kappa shape index (κ1) is 15.3. The molecule has 6 nitrogen and oxygen atoms in total. The van der Waals surface area contributed by atoms with Crippen LogP contribution in [0.3, 0.4) is 0 Å². The van der Waals surface area contributed by atoms with E-state index in [-0.39, 0.29) is 16.7 Å². The van der Waals surface area contributed by atoms with Crippen molar-refractivity contribution >= 4 is 5.69 Å². The van der Waals surface area contributed by atoms with Crippen molar-refractivity contribution in [3.8, 4) is 11.5 Å². The van der Waals surface area contributed by atoms with E-state index in [2.05, 4.69) is 5.32 Å². The number of methoxy groups -OCH3 is 2. The minimum absolute atomic E-state index is 0.0944. The predicted molar refractivity (Wildman–Crippen MR) is 86.2 cm³/mol. The van der Waals surface area contributed by atoms with Gasteiger partial charge in [0.25, 0.3) is 5.69 Å². The zero-order valence-electron chi connectivity index (χ0n) is 13.0. The summed E-state index contributed by atoms with van der Waals surface area (Å²) in [5.41, 5.74) is 3.19. The van der Waals surface area contributed by atoms with Crippen molar-refractivity contribution in [2.75, 3.05) is 20.8 Å². The van der Waals surface area contributed by atoms with Crippen LogP contribution in [-0.2, 0) is 6.42 Å². The maximum Gasteiger partial charge on any atom is 0.269 e. The fourth-order valence-corrected chi connectivity index (χ4v) is 3.00. The number of ether oxygens (including phenoxy) is 2. The molecule has 0 radical (unpaired) electrons. The van der Waals surface area contributed by atoms with Gasteiger partial charge in [-0.15, -0.1) is 0 Å². The Morgan fingerprint density at radius 1 is 1.17 bits per heavy atom. The van der Waals surface area contributed by atoms with Gasteiger partial charge in [0, 0.05) is 18.7 Å². The van der Waals surface area contributed by atoms with E-state index in [9.17, 15) is 10.1 Å². The molecule has 1 heterocycles. The summed E-state index contributed by atoms with van der Waals surface area (Å²) in [6, 6.07) is 10.6. The minimum Gasteiger partial charge on any atom is -0.493 e. The van der Waals surface area contributed by atoms with Gasteiger partial charge in [0.1, 0.15) is 0 Å². The highest BCUT2D eigenvalue weighted by atomic mass is 16.6. The molecular weight excluding hydrogens is 296 g/mol. The fraction of sp³-hybridized carbons (Fsp3) is 0.294. The van der Waals surface area contributed by atoms with Gasteiger partial charge < -0.3 is 14.8 Å². The average Bonchev–Trinajstić information content (AvgIpc) is 2.59. The first-order chi connectivity index (χ1) is 11.1. The van der Waals surface area contributed by atoms with Gasteiger partial charge in [-0.05, 0) is 35.2 Å². The Balaban J connectivity index is 2.07. The minimum atomic E-state index is -0.373. The maximum absolute atomic E-state index is 11.0. The molecule has 0 saturated heterocycles. The van der Waals surface area contributed by atoms with Crippen molar-refractivity contribution in [2.24, 2.45) is 0 Å². The number of hydrogen-bond donors (Lipinski definition) is 1. The highest BCUT2D eigenvalue weighted by Crippen LogP contribution is 2.37. The molecule has 1 atom stereocenters.